The number of ether oxygens (including phenoxy) is 2. The van der Waals surface area contributed by atoms with Crippen LogP contribution >= 0.6 is 11.6 Å². The fourth-order valence-corrected chi connectivity index (χ4v) is 1.87. The zero-order valence-electron chi connectivity index (χ0n) is 12.6. The summed E-state index contributed by atoms with van der Waals surface area (Å²) in [5, 5.41) is 0.0997. The molecule has 0 aliphatic heterocycles. The Morgan fingerprint density at radius 1 is 1.00 bits per heavy atom. The summed E-state index contributed by atoms with van der Waals surface area (Å²) in [7, 11) is 0. The molecule has 5 nitrogen and oxygen atoms in total. The summed E-state index contributed by atoms with van der Waals surface area (Å²) < 4.78 is 11.0. The van der Waals surface area contributed by atoms with Gasteiger partial charge in [0.15, 0.2) is 0 Å². The minimum atomic E-state index is 0.0997. The molecule has 0 aromatic carbocycles. The van der Waals surface area contributed by atoms with Crippen molar-refractivity contribution in [3.8, 4) is 12.0 Å². The fraction of sp³-hybridized carbons (Fsp3) is 0.786. The maximum Gasteiger partial charge on any atom is 0.323 e. The summed E-state index contributed by atoms with van der Waals surface area (Å²) in [6, 6.07) is 0.467. The molecule has 6 heteroatoms. The zero-order valence-corrected chi connectivity index (χ0v) is 13.3. The average molecular weight is 302 g/mol. The Kier molecular flexibility index (Phi) is 8.26. The molecule has 0 aliphatic carbocycles. The van der Waals surface area contributed by atoms with Crippen LogP contribution < -0.4 is 9.47 Å². The van der Waals surface area contributed by atoms with Crippen LogP contribution in [-0.2, 0) is 0 Å². The maximum absolute atomic E-state index is 5.84. The Morgan fingerprint density at radius 3 is 2.30 bits per heavy atom. The van der Waals surface area contributed by atoms with Gasteiger partial charge < -0.3 is 9.47 Å². The van der Waals surface area contributed by atoms with Crippen molar-refractivity contribution < 1.29 is 9.47 Å². The Balaban J connectivity index is 2.55. The smallest absolute Gasteiger partial charge is 0.323 e. The van der Waals surface area contributed by atoms with Crippen molar-refractivity contribution in [2.24, 2.45) is 5.92 Å². The third-order valence-corrected chi connectivity index (χ3v) is 3.16. The van der Waals surface area contributed by atoms with Crippen molar-refractivity contribution in [3.63, 3.8) is 0 Å². The number of nitrogens with zero attached hydrogens (tertiary/aromatic N) is 3. The zero-order chi connectivity index (χ0) is 14.8. The summed E-state index contributed by atoms with van der Waals surface area (Å²) in [5.41, 5.74) is 0. The van der Waals surface area contributed by atoms with E-state index in [1.807, 2.05) is 6.92 Å². The van der Waals surface area contributed by atoms with E-state index in [1.54, 1.807) is 0 Å². The lowest BCUT2D eigenvalue weighted by molar-refractivity contribution is 0.210. The van der Waals surface area contributed by atoms with Gasteiger partial charge in [-0.1, -0.05) is 40.0 Å². The first-order valence-electron chi connectivity index (χ1n) is 7.36. The van der Waals surface area contributed by atoms with Gasteiger partial charge in [-0.05, 0) is 30.4 Å². The SMILES string of the molecule is CCCCC(CC)COc1nc(Cl)nc(OCCC)n1. The maximum atomic E-state index is 5.84. The molecule has 0 fully saturated rings. The standard InChI is InChI=1S/C14H24ClN3O2/c1-4-7-8-11(6-3)10-20-14-17-12(15)16-13(18-14)19-9-5-2/h11H,4-10H2,1-3H3. The van der Waals surface area contributed by atoms with E-state index in [9.17, 15) is 0 Å². The van der Waals surface area contributed by atoms with Crippen molar-refractivity contribution in [1.82, 2.24) is 15.0 Å². The average Bonchev–Trinajstić information content (AvgIpc) is 2.45. The molecular weight excluding hydrogens is 278 g/mol. The van der Waals surface area contributed by atoms with Crippen molar-refractivity contribution in [1.29, 1.82) is 0 Å². The molecular formula is C14H24ClN3O2. The van der Waals surface area contributed by atoms with Crippen molar-refractivity contribution in [2.45, 2.75) is 52.9 Å². The van der Waals surface area contributed by atoms with E-state index in [0.29, 0.717) is 19.1 Å². The molecule has 0 saturated carbocycles. The first-order chi connectivity index (χ1) is 9.69. The minimum Gasteiger partial charge on any atom is -0.463 e. The van der Waals surface area contributed by atoms with Crippen LogP contribution in [0.2, 0.25) is 5.28 Å². The van der Waals surface area contributed by atoms with Gasteiger partial charge in [-0.15, -0.1) is 4.98 Å². The first-order valence-corrected chi connectivity index (χ1v) is 7.74. The predicted octanol–water partition coefficient (Wildman–Crippen LogP) is 3.91. The van der Waals surface area contributed by atoms with E-state index in [2.05, 4.69) is 28.8 Å². The Bertz CT molecular complexity index is 391. The molecule has 0 radical (unpaired) electrons. The van der Waals surface area contributed by atoms with E-state index in [1.165, 1.54) is 12.8 Å². The Labute approximate surface area is 126 Å². The lowest BCUT2D eigenvalue weighted by Crippen LogP contribution is -2.13. The Hall–Kier alpha value is -1.10. The van der Waals surface area contributed by atoms with E-state index < -0.39 is 0 Å². The highest BCUT2D eigenvalue weighted by Crippen LogP contribution is 2.17. The first kappa shape index (κ1) is 17.0. The van der Waals surface area contributed by atoms with Crippen molar-refractivity contribution >= 4 is 11.6 Å². The summed E-state index contributed by atoms with van der Waals surface area (Å²) in [4.78, 5) is 12.0. The highest BCUT2D eigenvalue weighted by Gasteiger charge is 2.11. The second-order valence-corrected chi connectivity index (χ2v) is 5.08. The van der Waals surface area contributed by atoms with E-state index in [4.69, 9.17) is 21.1 Å². The largest absolute Gasteiger partial charge is 0.463 e. The van der Waals surface area contributed by atoms with Crippen LogP contribution in [0.1, 0.15) is 52.9 Å². The number of hydrogen-bond donors (Lipinski definition) is 0. The molecule has 0 N–H and O–H groups in total. The van der Waals surface area contributed by atoms with Crippen molar-refractivity contribution in [3.05, 3.63) is 5.28 Å². The van der Waals surface area contributed by atoms with E-state index in [-0.39, 0.29) is 17.3 Å². The van der Waals surface area contributed by atoms with Crippen LogP contribution in [0.4, 0.5) is 0 Å². The van der Waals surface area contributed by atoms with Gasteiger partial charge in [-0.2, -0.15) is 9.97 Å². The molecule has 1 rings (SSSR count). The van der Waals surface area contributed by atoms with E-state index in [0.717, 1.165) is 19.3 Å². The minimum absolute atomic E-state index is 0.0997. The summed E-state index contributed by atoms with van der Waals surface area (Å²) in [5.74, 6) is 0.519. The molecule has 1 unspecified atom stereocenters. The molecule has 1 aromatic heterocycles. The molecule has 1 heterocycles. The van der Waals surface area contributed by atoms with Crippen LogP contribution in [0, 0.1) is 5.92 Å². The number of halogens is 1. The highest BCUT2D eigenvalue weighted by atomic mass is 35.5. The molecule has 0 aliphatic rings. The normalized spacial score (nSPS) is 12.2. The molecule has 0 amide bonds. The third kappa shape index (κ3) is 6.37. The van der Waals surface area contributed by atoms with Gasteiger partial charge in [-0.3, -0.25) is 0 Å². The van der Waals surface area contributed by atoms with Crippen LogP contribution in [0.3, 0.4) is 0 Å². The topological polar surface area (TPSA) is 57.1 Å². The molecule has 0 spiro atoms. The molecule has 0 bridgehead atoms. The van der Waals surface area contributed by atoms with Crippen LogP contribution in [-0.4, -0.2) is 28.2 Å². The van der Waals surface area contributed by atoms with Crippen LogP contribution in [0.15, 0.2) is 0 Å². The summed E-state index contributed by atoms with van der Waals surface area (Å²) in [6.07, 6.45) is 5.53. The predicted molar refractivity (Wildman–Crippen MR) is 79.4 cm³/mol. The molecule has 1 atom stereocenters. The number of rotatable bonds is 10. The van der Waals surface area contributed by atoms with Gasteiger partial charge in [0.2, 0.25) is 5.28 Å². The monoisotopic (exact) mass is 301 g/mol. The lowest BCUT2D eigenvalue weighted by atomic mass is 10.0. The van der Waals surface area contributed by atoms with Gasteiger partial charge in [-0.25, -0.2) is 0 Å². The van der Waals surface area contributed by atoms with Crippen molar-refractivity contribution in [2.75, 3.05) is 13.2 Å². The second-order valence-electron chi connectivity index (χ2n) is 4.75. The lowest BCUT2D eigenvalue weighted by Gasteiger charge is -2.14. The van der Waals surface area contributed by atoms with Crippen LogP contribution in [0.25, 0.3) is 0 Å². The van der Waals surface area contributed by atoms with Crippen LogP contribution in [0.5, 0.6) is 12.0 Å². The van der Waals surface area contributed by atoms with E-state index >= 15 is 0 Å². The highest BCUT2D eigenvalue weighted by molar-refractivity contribution is 6.28. The molecule has 1 aromatic rings. The number of unbranched alkanes of at least 4 members (excludes halogenated alkanes) is 1. The van der Waals surface area contributed by atoms with Gasteiger partial charge in [0, 0.05) is 0 Å². The molecule has 20 heavy (non-hydrogen) atoms. The molecule has 114 valence electrons. The second kappa shape index (κ2) is 9.75. The Morgan fingerprint density at radius 2 is 1.70 bits per heavy atom. The summed E-state index contributed by atoms with van der Waals surface area (Å²) >= 11 is 5.84. The number of aromatic nitrogens is 3. The van der Waals surface area contributed by atoms with Gasteiger partial charge in [0.1, 0.15) is 0 Å². The van der Waals surface area contributed by atoms with Gasteiger partial charge in [0.05, 0.1) is 13.2 Å². The van der Waals surface area contributed by atoms with Gasteiger partial charge >= 0.3 is 12.0 Å². The molecule has 0 saturated heterocycles. The fourth-order valence-electron chi connectivity index (χ4n) is 1.73. The van der Waals surface area contributed by atoms with Gasteiger partial charge in [0.25, 0.3) is 0 Å². The summed E-state index contributed by atoms with van der Waals surface area (Å²) in [6.45, 7) is 7.52. The number of hydrogen-bond acceptors (Lipinski definition) is 5. The third-order valence-electron chi connectivity index (χ3n) is 2.99. The quantitative estimate of drug-likeness (QED) is 0.656.